The molecule has 2 aromatic carbocycles. The van der Waals surface area contributed by atoms with Gasteiger partial charge in [-0.3, -0.25) is 14.4 Å². The minimum atomic E-state index is -1.38. The predicted molar refractivity (Wildman–Crippen MR) is 175 cm³/mol. The van der Waals surface area contributed by atoms with Crippen LogP contribution in [0.1, 0.15) is 45.6 Å². The van der Waals surface area contributed by atoms with E-state index >= 15 is 0 Å². The van der Waals surface area contributed by atoms with Gasteiger partial charge in [-0.05, 0) is 56.5 Å². The zero-order valence-corrected chi connectivity index (χ0v) is 27.0. The first kappa shape index (κ1) is 32.0. The van der Waals surface area contributed by atoms with Crippen LogP contribution in [-0.2, 0) is 25.5 Å². The highest BCUT2D eigenvalue weighted by atomic mass is 16.5. The zero-order valence-electron chi connectivity index (χ0n) is 27.0. The number of rotatable bonds is 11. The summed E-state index contributed by atoms with van der Waals surface area (Å²) in [6.45, 7) is 7.36. The van der Waals surface area contributed by atoms with E-state index in [4.69, 9.17) is 9.47 Å². The zero-order chi connectivity index (χ0) is 32.5. The first-order valence-corrected chi connectivity index (χ1v) is 16.6. The average molecular weight is 628 g/mol. The number of hydrogen-bond donors (Lipinski definition) is 1. The molecule has 3 amide bonds. The molecule has 0 saturated carbocycles. The fourth-order valence-corrected chi connectivity index (χ4v) is 7.91. The maximum Gasteiger partial charge on any atom is 0.249 e. The largest absolute Gasteiger partial charge is 0.494 e. The van der Waals surface area contributed by atoms with Crippen LogP contribution in [0.2, 0.25) is 0 Å². The molecule has 0 aromatic heterocycles. The summed E-state index contributed by atoms with van der Waals surface area (Å²) in [7, 11) is 0. The van der Waals surface area contributed by atoms with Gasteiger partial charge in [-0.1, -0.05) is 74.4 Å². The smallest absolute Gasteiger partial charge is 0.249 e. The quantitative estimate of drug-likeness (QED) is 0.297. The molecule has 4 heterocycles. The second-order valence-electron chi connectivity index (χ2n) is 12.9. The van der Waals surface area contributed by atoms with Crippen molar-refractivity contribution in [2.24, 2.45) is 11.8 Å². The van der Waals surface area contributed by atoms with Crippen LogP contribution < -0.4 is 9.64 Å². The van der Waals surface area contributed by atoms with Crippen LogP contribution in [0.5, 0.6) is 5.75 Å². The summed E-state index contributed by atoms with van der Waals surface area (Å²) in [6, 6.07) is 15.3. The molecule has 244 valence electrons. The van der Waals surface area contributed by atoms with Gasteiger partial charge in [-0.15, -0.1) is 0 Å². The molecular weight excluding hydrogens is 582 g/mol. The summed E-state index contributed by atoms with van der Waals surface area (Å²) in [5.74, 6) is -1.91. The number of aliphatic hydroxyl groups is 1. The Morgan fingerprint density at radius 3 is 2.35 bits per heavy atom. The molecule has 0 aliphatic carbocycles. The Bertz CT molecular complexity index is 1490. The molecule has 6 atom stereocenters. The maximum atomic E-state index is 14.9. The summed E-state index contributed by atoms with van der Waals surface area (Å²) in [4.78, 5) is 49.2. The highest BCUT2D eigenvalue weighted by molar-refractivity contribution is 6.04. The van der Waals surface area contributed by atoms with E-state index in [1.54, 1.807) is 14.7 Å². The summed E-state index contributed by atoms with van der Waals surface area (Å²) >= 11 is 0. The highest BCUT2D eigenvalue weighted by Crippen LogP contribution is 2.58. The highest BCUT2D eigenvalue weighted by Gasteiger charge is 2.75. The van der Waals surface area contributed by atoms with E-state index in [1.165, 1.54) is 0 Å². The van der Waals surface area contributed by atoms with Gasteiger partial charge in [0.15, 0.2) is 0 Å². The molecule has 1 spiro atoms. The monoisotopic (exact) mass is 627 g/mol. The van der Waals surface area contributed by atoms with Crippen molar-refractivity contribution < 1.29 is 29.0 Å². The molecule has 9 nitrogen and oxygen atoms in total. The molecule has 2 fully saturated rings. The van der Waals surface area contributed by atoms with Crippen molar-refractivity contribution in [3.05, 3.63) is 84.5 Å². The number of nitrogens with zero attached hydrogens (tertiary/aromatic N) is 3. The normalized spacial score (nSPS) is 29.3. The Kier molecular flexibility index (Phi) is 9.08. The van der Waals surface area contributed by atoms with Crippen LogP contribution >= 0.6 is 0 Å². The number of ether oxygens (including phenoxy) is 2. The van der Waals surface area contributed by atoms with E-state index < -0.39 is 35.1 Å². The lowest BCUT2D eigenvalue weighted by atomic mass is 9.74. The van der Waals surface area contributed by atoms with E-state index in [0.717, 1.165) is 24.8 Å². The molecule has 46 heavy (non-hydrogen) atoms. The Hall–Kier alpha value is -3.95. The number of carbonyl (C=O) groups excluding carboxylic acids is 3. The fraction of sp³-hybridized carbons (Fsp3) is 0.486. The van der Waals surface area contributed by atoms with E-state index in [2.05, 4.69) is 6.92 Å². The van der Waals surface area contributed by atoms with E-state index in [9.17, 15) is 19.5 Å². The third-order valence-corrected chi connectivity index (χ3v) is 9.99. The third kappa shape index (κ3) is 5.43. The van der Waals surface area contributed by atoms with Crippen LogP contribution in [0, 0.1) is 11.8 Å². The van der Waals surface area contributed by atoms with Crippen molar-refractivity contribution >= 4 is 23.4 Å². The van der Waals surface area contributed by atoms with Crippen LogP contribution in [0.25, 0.3) is 0 Å². The number of carbonyl (C=O) groups is 3. The van der Waals surface area contributed by atoms with Gasteiger partial charge in [0.1, 0.15) is 17.4 Å². The van der Waals surface area contributed by atoms with Crippen molar-refractivity contribution in [1.82, 2.24) is 9.80 Å². The number of likely N-dealkylation sites (tertiary alicyclic amines) is 1. The Morgan fingerprint density at radius 1 is 0.913 bits per heavy atom. The van der Waals surface area contributed by atoms with Crippen LogP contribution in [0.4, 0.5) is 5.69 Å². The van der Waals surface area contributed by atoms with Crippen molar-refractivity contribution in [3.63, 3.8) is 0 Å². The van der Waals surface area contributed by atoms with Gasteiger partial charge < -0.3 is 29.3 Å². The SMILES string of the molecule is CCCCCN1CC=C[C@]23O[C@]4(C)C=CCN(c5ccc(OCC)cc5)C(=O)[C@@H]4[C@H]2C(=O)N([C@@H](CO)Cc2ccccc2)C3C1=O. The molecule has 4 aliphatic rings. The third-order valence-electron chi connectivity index (χ3n) is 9.99. The van der Waals surface area contributed by atoms with Gasteiger partial charge in [-0.2, -0.15) is 0 Å². The number of hydrogen-bond acceptors (Lipinski definition) is 6. The summed E-state index contributed by atoms with van der Waals surface area (Å²) < 4.78 is 12.6. The van der Waals surface area contributed by atoms with Gasteiger partial charge in [0.05, 0.1) is 36.7 Å². The molecule has 2 aromatic rings. The van der Waals surface area contributed by atoms with Crippen molar-refractivity contribution in [1.29, 1.82) is 0 Å². The number of anilines is 1. The molecular formula is C37H45N3O6. The molecule has 6 rings (SSSR count). The van der Waals surface area contributed by atoms with Gasteiger partial charge in [-0.25, -0.2) is 0 Å². The summed E-state index contributed by atoms with van der Waals surface area (Å²) in [5, 5.41) is 10.8. The predicted octanol–water partition coefficient (Wildman–Crippen LogP) is 4.15. The molecule has 1 unspecified atom stereocenters. The minimum absolute atomic E-state index is 0.205. The molecule has 0 radical (unpaired) electrons. The topological polar surface area (TPSA) is 99.6 Å². The number of fused-ring (bicyclic) bond motifs is 2. The second kappa shape index (κ2) is 13.0. The Labute approximate surface area is 271 Å². The second-order valence-corrected chi connectivity index (χ2v) is 12.9. The van der Waals surface area contributed by atoms with Crippen molar-refractivity contribution in [3.8, 4) is 5.75 Å². The van der Waals surface area contributed by atoms with Crippen LogP contribution in [0.3, 0.4) is 0 Å². The van der Waals surface area contributed by atoms with Crippen molar-refractivity contribution in [2.45, 2.75) is 69.7 Å². The minimum Gasteiger partial charge on any atom is -0.494 e. The average Bonchev–Trinajstić information content (AvgIpc) is 3.33. The molecule has 4 aliphatic heterocycles. The number of unbranched alkanes of at least 4 members (excludes halogenated alkanes) is 2. The van der Waals surface area contributed by atoms with E-state index in [1.807, 2.05) is 92.7 Å². The van der Waals surface area contributed by atoms with Gasteiger partial charge in [0.2, 0.25) is 17.7 Å². The Balaban J connectivity index is 1.43. The van der Waals surface area contributed by atoms with E-state index in [0.29, 0.717) is 44.1 Å². The lowest BCUT2D eigenvalue weighted by Crippen LogP contribution is -2.59. The lowest BCUT2D eigenvalue weighted by Gasteiger charge is -2.40. The number of amides is 3. The maximum absolute atomic E-state index is 14.9. The van der Waals surface area contributed by atoms with Crippen LogP contribution in [0.15, 0.2) is 78.9 Å². The summed E-state index contributed by atoms with van der Waals surface area (Å²) in [5.41, 5.74) is -0.872. The molecule has 2 saturated heterocycles. The van der Waals surface area contributed by atoms with Crippen molar-refractivity contribution in [2.75, 3.05) is 37.7 Å². The van der Waals surface area contributed by atoms with Gasteiger partial charge in [0, 0.05) is 25.3 Å². The lowest BCUT2D eigenvalue weighted by molar-refractivity contribution is -0.154. The molecule has 1 N–H and O–H groups in total. The summed E-state index contributed by atoms with van der Waals surface area (Å²) in [6.07, 6.45) is 10.8. The number of benzene rings is 2. The first-order valence-electron chi connectivity index (χ1n) is 16.6. The van der Waals surface area contributed by atoms with E-state index in [-0.39, 0.29) is 24.3 Å². The van der Waals surface area contributed by atoms with Gasteiger partial charge in [0.25, 0.3) is 0 Å². The van der Waals surface area contributed by atoms with Gasteiger partial charge >= 0.3 is 0 Å². The Morgan fingerprint density at radius 2 is 1.65 bits per heavy atom. The first-order chi connectivity index (χ1) is 22.3. The number of aliphatic hydroxyl groups excluding tert-OH is 1. The fourth-order valence-electron chi connectivity index (χ4n) is 7.91. The molecule has 0 bridgehead atoms. The standard InChI is InChI=1S/C37H45N3O6/c1-4-6-10-21-38-22-12-20-37-31(34(43)40(32(37)35(38)44)28(25-41)24-26-13-8-7-9-14-26)30-33(42)39(23-11-19-36(30,3)46-37)27-15-17-29(18-16-27)45-5-2/h7-9,11-20,28,30-32,41H,4-6,10,21-25H2,1-3H3/t28-,30+,31+,32?,36-,37+/m1/s1. The molecule has 9 heteroatoms. The van der Waals surface area contributed by atoms with Crippen LogP contribution in [-0.4, -0.2) is 88.8 Å².